The van der Waals surface area contributed by atoms with Gasteiger partial charge in [-0.15, -0.1) is 11.3 Å². The van der Waals surface area contributed by atoms with E-state index < -0.39 is 5.97 Å². The van der Waals surface area contributed by atoms with Crippen LogP contribution in [0.15, 0.2) is 59.7 Å². The Hall–Kier alpha value is -3.65. The van der Waals surface area contributed by atoms with Gasteiger partial charge in [-0.25, -0.2) is 14.2 Å². The van der Waals surface area contributed by atoms with Crippen LogP contribution >= 0.6 is 11.3 Å². The Morgan fingerprint density at radius 3 is 2.58 bits per heavy atom. The molecule has 8 heteroatoms. The average molecular weight is 436 g/mol. The van der Waals surface area contributed by atoms with Crippen molar-refractivity contribution in [2.75, 3.05) is 0 Å². The molecule has 2 aromatic heterocycles. The molecular weight excluding hydrogens is 419 g/mol. The molecule has 0 bridgehead atoms. The summed E-state index contributed by atoms with van der Waals surface area (Å²) in [6.07, 6.45) is 1.39. The number of fused-ring (bicyclic) bond motifs is 1. The van der Waals surface area contributed by atoms with Crippen molar-refractivity contribution in [3.05, 3.63) is 92.6 Å². The van der Waals surface area contributed by atoms with Crippen molar-refractivity contribution in [2.45, 2.75) is 20.4 Å². The lowest BCUT2D eigenvalue weighted by atomic mass is 10.1. The van der Waals surface area contributed by atoms with E-state index in [1.54, 1.807) is 43.3 Å². The quantitative estimate of drug-likeness (QED) is 0.264. The number of aromatic nitrogens is 2. The Bertz CT molecular complexity index is 1370. The third-order valence-electron chi connectivity index (χ3n) is 4.82. The first-order valence-electron chi connectivity index (χ1n) is 9.39. The van der Waals surface area contributed by atoms with E-state index in [4.69, 9.17) is 4.74 Å². The highest BCUT2D eigenvalue weighted by molar-refractivity contribution is 7.20. The molecule has 156 valence electrons. The first-order chi connectivity index (χ1) is 14.8. The summed E-state index contributed by atoms with van der Waals surface area (Å²) >= 11 is 1.08. The van der Waals surface area contributed by atoms with Gasteiger partial charge in [-0.3, -0.25) is 14.2 Å². The fourth-order valence-electron chi connectivity index (χ4n) is 3.21. The molecule has 0 aliphatic carbocycles. The lowest BCUT2D eigenvalue weighted by Crippen LogP contribution is -2.21. The predicted octanol–water partition coefficient (Wildman–Crippen LogP) is 4.38. The minimum Gasteiger partial charge on any atom is -0.422 e. The zero-order chi connectivity index (χ0) is 22.1. The Labute approximate surface area is 180 Å². The van der Waals surface area contributed by atoms with Gasteiger partial charge >= 0.3 is 5.97 Å². The van der Waals surface area contributed by atoms with E-state index in [0.29, 0.717) is 32.7 Å². The number of thiophene rings is 1. The summed E-state index contributed by atoms with van der Waals surface area (Å²) in [5, 5.41) is 0.336. The maximum absolute atomic E-state index is 13.5. The van der Waals surface area contributed by atoms with Crippen molar-refractivity contribution in [1.29, 1.82) is 0 Å². The lowest BCUT2D eigenvalue weighted by Gasteiger charge is -2.06. The number of esters is 1. The molecule has 2 heterocycles. The van der Waals surface area contributed by atoms with Crippen molar-refractivity contribution in [3.8, 4) is 5.75 Å². The highest BCUT2D eigenvalue weighted by Crippen LogP contribution is 2.28. The third kappa shape index (κ3) is 4.15. The molecule has 0 aliphatic rings. The Morgan fingerprint density at radius 1 is 1.16 bits per heavy atom. The fourth-order valence-corrected chi connectivity index (χ4v) is 4.23. The van der Waals surface area contributed by atoms with E-state index >= 15 is 0 Å². The molecular formula is C23H17FN2O4S. The van der Waals surface area contributed by atoms with Gasteiger partial charge in [0.25, 0.3) is 5.56 Å². The van der Waals surface area contributed by atoms with Gasteiger partial charge < -0.3 is 4.74 Å². The first kappa shape index (κ1) is 20.6. The molecule has 0 saturated heterocycles. The zero-order valence-corrected chi connectivity index (χ0v) is 17.5. The van der Waals surface area contributed by atoms with E-state index in [9.17, 15) is 18.8 Å². The molecule has 0 aliphatic heterocycles. The number of Topliss-reactive ketones (excluding diaryl/α,β-unsaturated/α-hetero) is 1. The van der Waals surface area contributed by atoms with E-state index in [-0.39, 0.29) is 28.6 Å². The van der Waals surface area contributed by atoms with E-state index in [1.807, 2.05) is 0 Å². The molecule has 4 rings (SSSR count). The second kappa shape index (κ2) is 8.23. The van der Waals surface area contributed by atoms with Crippen LogP contribution in [0.5, 0.6) is 5.75 Å². The standard InChI is InChI=1S/C23H17FN2O4S/c1-13-19-21(25-12-26(22(19)28)11-15-4-3-5-17(24)10-15)31-20(13)23(29)30-18-8-6-16(7-9-18)14(2)27/h3-10,12H,11H2,1-2H3. The van der Waals surface area contributed by atoms with Gasteiger partial charge in [0.05, 0.1) is 18.3 Å². The van der Waals surface area contributed by atoms with Gasteiger partial charge in [0.1, 0.15) is 21.3 Å². The van der Waals surface area contributed by atoms with Gasteiger partial charge in [-0.2, -0.15) is 0 Å². The fraction of sp³-hybridized carbons (Fsp3) is 0.130. The Balaban J connectivity index is 1.64. The number of ketones is 1. The largest absolute Gasteiger partial charge is 0.422 e. The number of carbonyl (C=O) groups is 2. The zero-order valence-electron chi connectivity index (χ0n) is 16.7. The average Bonchev–Trinajstić information content (AvgIpc) is 3.08. The van der Waals surface area contributed by atoms with Crippen molar-refractivity contribution in [1.82, 2.24) is 9.55 Å². The number of nitrogens with zero attached hydrogens (tertiary/aromatic N) is 2. The van der Waals surface area contributed by atoms with Crippen molar-refractivity contribution >= 4 is 33.3 Å². The molecule has 6 nitrogen and oxygen atoms in total. The number of hydrogen-bond donors (Lipinski definition) is 0. The molecule has 0 radical (unpaired) electrons. The second-order valence-corrected chi connectivity index (χ2v) is 8.01. The van der Waals surface area contributed by atoms with Crippen LogP contribution in [0.25, 0.3) is 10.2 Å². The molecule has 0 saturated carbocycles. The Kier molecular flexibility index (Phi) is 5.48. The molecule has 4 aromatic rings. The molecule has 0 unspecified atom stereocenters. The van der Waals surface area contributed by atoms with Crippen LogP contribution in [0, 0.1) is 12.7 Å². The van der Waals surface area contributed by atoms with Gasteiger partial charge in [0.2, 0.25) is 0 Å². The number of halogens is 1. The molecule has 0 fully saturated rings. The Morgan fingerprint density at radius 2 is 1.90 bits per heavy atom. The molecule has 0 spiro atoms. The maximum Gasteiger partial charge on any atom is 0.354 e. The number of rotatable bonds is 5. The number of benzene rings is 2. The smallest absolute Gasteiger partial charge is 0.354 e. The summed E-state index contributed by atoms with van der Waals surface area (Å²) in [4.78, 5) is 42.1. The third-order valence-corrected chi connectivity index (χ3v) is 6.00. The maximum atomic E-state index is 13.5. The van der Waals surface area contributed by atoms with E-state index in [0.717, 1.165) is 11.3 Å². The van der Waals surface area contributed by atoms with Gasteiger partial charge in [-0.1, -0.05) is 12.1 Å². The molecule has 0 amide bonds. The number of carbonyl (C=O) groups excluding carboxylic acids is 2. The van der Waals surface area contributed by atoms with E-state index in [2.05, 4.69) is 4.98 Å². The minimum atomic E-state index is -0.604. The van der Waals surface area contributed by atoms with Crippen LogP contribution in [0.2, 0.25) is 0 Å². The highest BCUT2D eigenvalue weighted by atomic mass is 32.1. The summed E-state index contributed by atoms with van der Waals surface area (Å²) < 4.78 is 20.2. The van der Waals surface area contributed by atoms with Crippen molar-refractivity contribution in [3.63, 3.8) is 0 Å². The second-order valence-electron chi connectivity index (χ2n) is 7.01. The number of hydrogen-bond acceptors (Lipinski definition) is 6. The predicted molar refractivity (Wildman–Crippen MR) is 116 cm³/mol. The van der Waals surface area contributed by atoms with Crippen LogP contribution in [0.4, 0.5) is 4.39 Å². The van der Waals surface area contributed by atoms with Crippen molar-refractivity contribution in [2.24, 2.45) is 0 Å². The van der Waals surface area contributed by atoms with E-state index in [1.165, 1.54) is 30.0 Å². The SMILES string of the molecule is CC(=O)c1ccc(OC(=O)c2sc3ncn(Cc4cccc(F)c4)c(=O)c3c2C)cc1. The van der Waals surface area contributed by atoms with Gasteiger partial charge in [-0.05, 0) is 61.4 Å². The summed E-state index contributed by atoms with van der Waals surface area (Å²) in [5.41, 5.74) is 1.31. The summed E-state index contributed by atoms with van der Waals surface area (Å²) in [7, 11) is 0. The van der Waals surface area contributed by atoms with Crippen LogP contribution in [-0.4, -0.2) is 21.3 Å². The van der Waals surface area contributed by atoms with Gasteiger partial charge in [0, 0.05) is 5.56 Å². The summed E-state index contributed by atoms with van der Waals surface area (Å²) in [5.74, 6) is -0.776. The number of aryl methyl sites for hydroxylation is 1. The van der Waals surface area contributed by atoms with Crippen LogP contribution in [-0.2, 0) is 6.54 Å². The molecule has 2 aromatic carbocycles. The lowest BCUT2D eigenvalue weighted by molar-refractivity contribution is 0.0739. The van der Waals surface area contributed by atoms with Crippen LogP contribution in [0.3, 0.4) is 0 Å². The number of ether oxygens (including phenoxy) is 1. The normalized spacial score (nSPS) is 10.9. The van der Waals surface area contributed by atoms with Crippen molar-refractivity contribution < 1.29 is 18.7 Å². The monoisotopic (exact) mass is 436 g/mol. The first-order valence-corrected chi connectivity index (χ1v) is 10.2. The topological polar surface area (TPSA) is 78.3 Å². The minimum absolute atomic E-state index is 0.0844. The molecule has 0 atom stereocenters. The van der Waals surface area contributed by atoms with Gasteiger partial charge in [0.15, 0.2) is 5.78 Å². The molecule has 31 heavy (non-hydrogen) atoms. The van der Waals surface area contributed by atoms with Crippen LogP contribution in [0.1, 0.15) is 38.1 Å². The summed E-state index contributed by atoms with van der Waals surface area (Å²) in [6, 6.07) is 12.2. The summed E-state index contributed by atoms with van der Waals surface area (Å²) in [6.45, 7) is 3.29. The molecule has 0 N–H and O–H groups in total. The van der Waals surface area contributed by atoms with Crippen LogP contribution < -0.4 is 10.3 Å². The highest BCUT2D eigenvalue weighted by Gasteiger charge is 2.21.